The molecular formula is C19H25ClSi. The summed E-state index contributed by atoms with van der Waals surface area (Å²) in [6.45, 7) is 0. The first-order valence-corrected chi connectivity index (χ1v) is 11.5. The zero-order valence-corrected chi connectivity index (χ0v) is 14.8. The molecule has 0 aliphatic heterocycles. The SMILES string of the molecule is Cl[SiH2]C(=CC1C2C=CC1CC2)CC=CC1C2C=CC1CC2. The molecule has 2 saturated carbocycles. The van der Waals surface area contributed by atoms with E-state index in [0.29, 0.717) is 0 Å². The summed E-state index contributed by atoms with van der Waals surface area (Å²) in [7, 11) is -0.537. The van der Waals surface area contributed by atoms with Crippen LogP contribution in [0.15, 0.2) is 47.7 Å². The third kappa shape index (κ3) is 2.64. The Hall–Kier alpha value is -0.533. The Morgan fingerprint density at radius 2 is 1.43 bits per heavy atom. The standard InChI is InChI=1S/C19H25ClSi/c20-21-17(12-19-15-8-9-16(19)11-10-15)2-1-3-18-13-4-5-14(18)7-6-13/h1,3-5,8-9,12-16,18-19H,2,6-7,10-11,21H2. The van der Waals surface area contributed by atoms with Crippen molar-refractivity contribution in [2.75, 3.05) is 0 Å². The summed E-state index contributed by atoms with van der Waals surface area (Å²) in [4.78, 5) is 0. The van der Waals surface area contributed by atoms with Crippen molar-refractivity contribution in [3.63, 3.8) is 0 Å². The van der Waals surface area contributed by atoms with Crippen LogP contribution in [0.3, 0.4) is 0 Å². The molecule has 21 heavy (non-hydrogen) atoms. The van der Waals surface area contributed by atoms with Crippen molar-refractivity contribution in [1.29, 1.82) is 0 Å². The Morgan fingerprint density at radius 1 is 0.905 bits per heavy atom. The van der Waals surface area contributed by atoms with Crippen molar-refractivity contribution >= 4 is 19.9 Å². The average molecular weight is 317 g/mol. The second-order valence-corrected chi connectivity index (χ2v) is 9.30. The Bertz CT molecular complexity index is 488. The van der Waals surface area contributed by atoms with Gasteiger partial charge >= 0.3 is 0 Å². The van der Waals surface area contributed by atoms with E-state index in [4.69, 9.17) is 11.1 Å². The van der Waals surface area contributed by atoms with Gasteiger partial charge in [-0.1, -0.05) is 47.7 Å². The van der Waals surface area contributed by atoms with Gasteiger partial charge in [-0.15, -0.1) is 0 Å². The van der Waals surface area contributed by atoms with Crippen LogP contribution < -0.4 is 0 Å². The number of fused-ring (bicyclic) bond motifs is 4. The van der Waals surface area contributed by atoms with Crippen LogP contribution in [0.2, 0.25) is 0 Å². The lowest BCUT2D eigenvalue weighted by Gasteiger charge is -2.13. The molecule has 2 fully saturated rings. The van der Waals surface area contributed by atoms with Gasteiger partial charge in [0.25, 0.3) is 0 Å². The molecule has 4 aliphatic rings. The maximum Gasteiger partial charge on any atom is 0.151 e. The molecule has 4 atom stereocenters. The molecule has 0 spiro atoms. The number of hydrogen-bond acceptors (Lipinski definition) is 0. The van der Waals surface area contributed by atoms with Gasteiger partial charge in [0.1, 0.15) is 0 Å². The topological polar surface area (TPSA) is 0 Å². The summed E-state index contributed by atoms with van der Waals surface area (Å²) in [5.41, 5.74) is 0. The van der Waals surface area contributed by atoms with Crippen molar-refractivity contribution in [2.24, 2.45) is 35.5 Å². The van der Waals surface area contributed by atoms with Gasteiger partial charge in [-0.05, 0) is 67.6 Å². The molecule has 0 amide bonds. The monoisotopic (exact) mass is 316 g/mol. The largest absolute Gasteiger partial charge is 0.170 e. The van der Waals surface area contributed by atoms with Crippen LogP contribution in [-0.2, 0) is 0 Å². The Labute approximate surface area is 135 Å². The molecule has 4 bridgehead atoms. The molecule has 0 nitrogen and oxygen atoms in total. The molecule has 0 heterocycles. The van der Waals surface area contributed by atoms with Crippen LogP contribution in [0.25, 0.3) is 0 Å². The first-order chi connectivity index (χ1) is 10.3. The van der Waals surface area contributed by atoms with E-state index in [9.17, 15) is 0 Å². The summed E-state index contributed by atoms with van der Waals surface area (Å²) in [5.74, 6) is 4.89. The fourth-order valence-corrected chi connectivity index (χ4v) is 6.22. The number of allylic oxidation sites excluding steroid dienone is 8. The third-order valence-electron chi connectivity index (χ3n) is 6.19. The molecule has 0 aromatic carbocycles. The summed E-state index contributed by atoms with van der Waals surface area (Å²) >= 11 is 6.33. The van der Waals surface area contributed by atoms with E-state index in [1.807, 2.05) is 0 Å². The number of halogens is 1. The normalized spacial score (nSPS) is 44.3. The van der Waals surface area contributed by atoms with Crippen molar-refractivity contribution < 1.29 is 0 Å². The summed E-state index contributed by atoms with van der Waals surface area (Å²) < 4.78 is 0. The van der Waals surface area contributed by atoms with E-state index in [-0.39, 0.29) is 0 Å². The molecule has 2 heteroatoms. The van der Waals surface area contributed by atoms with Gasteiger partial charge in [-0.25, -0.2) is 0 Å². The van der Waals surface area contributed by atoms with E-state index in [1.54, 1.807) is 5.20 Å². The minimum absolute atomic E-state index is 0.537. The molecule has 112 valence electrons. The van der Waals surface area contributed by atoms with Crippen molar-refractivity contribution in [3.05, 3.63) is 47.7 Å². The lowest BCUT2D eigenvalue weighted by Crippen LogP contribution is -2.06. The van der Waals surface area contributed by atoms with Gasteiger partial charge in [0.15, 0.2) is 8.83 Å². The lowest BCUT2D eigenvalue weighted by molar-refractivity contribution is 0.528. The fourth-order valence-electron chi connectivity index (χ4n) is 4.99. The molecule has 0 N–H and O–H groups in total. The van der Waals surface area contributed by atoms with Crippen LogP contribution in [0.4, 0.5) is 0 Å². The van der Waals surface area contributed by atoms with Crippen molar-refractivity contribution in [2.45, 2.75) is 32.1 Å². The molecule has 0 aromatic heterocycles. The molecule has 4 rings (SSSR count). The zero-order valence-electron chi connectivity index (χ0n) is 12.6. The van der Waals surface area contributed by atoms with Crippen LogP contribution in [0.1, 0.15) is 32.1 Å². The average Bonchev–Trinajstić information content (AvgIpc) is 3.28. The summed E-state index contributed by atoms with van der Waals surface area (Å²) in [6.07, 6.45) is 24.0. The van der Waals surface area contributed by atoms with Gasteiger partial charge < -0.3 is 0 Å². The molecule has 4 unspecified atom stereocenters. The molecular weight excluding hydrogens is 292 g/mol. The lowest BCUT2D eigenvalue weighted by atomic mass is 9.94. The van der Waals surface area contributed by atoms with Crippen molar-refractivity contribution in [3.8, 4) is 0 Å². The van der Waals surface area contributed by atoms with Crippen LogP contribution >= 0.6 is 11.1 Å². The highest BCUT2D eigenvalue weighted by molar-refractivity contribution is 6.97. The quantitative estimate of drug-likeness (QED) is 0.396. The predicted molar refractivity (Wildman–Crippen MR) is 93.9 cm³/mol. The number of hydrogen-bond donors (Lipinski definition) is 0. The third-order valence-corrected chi connectivity index (χ3v) is 8.09. The van der Waals surface area contributed by atoms with Crippen LogP contribution in [-0.4, -0.2) is 8.83 Å². The highest BCUT2D eigenvalue weighted by Gasteiger charge is 2.36. The smallest absolute Gasteiger partial charge is 0.151 e. The maximum atomic E-state index is 6.33. The summed E-state index contributed by atoms with van der Waals surface area (Å²) in [6, 6.07) is 0. The minimum atomic E-state index is -0.537. The minimum Gasteiger partial charge on any atom is -0.170 e. The molecule has 4 aliphatic carbocycles. The van der Waals surface area contributed by atoms with E-state index < -0.39 is 8.83 Å². The summed E-state index contributed by atoms with van der Waals surface area (Å²) in [5, 5.41) is 1.57. The van der Waals surface area contributed by atoms with E-state index in [2.05, 4.69) is 42.5 Å². The van der Waals surface area contributed by atoms with Crippen LogP contribution in [0, 0.1) is 35.5 Å². The second kappa shape index (κ2) is 5.93. The first kappa shape index (κ1) is 14.1. The van der Waals surface area contributed by atoms with E-state index >= 15 is 0 Å². The highest BCUT2D eigenvalue weighted by atomic mass is 35.6. The van der Waals surface area contributed by atoms with Crippen LogP contribution in [0.5, 0.6) is 0 Å². The number of rotatable bonds is 5. The Balaban J connectivity index is 1.37. The first-order valence-electron chi connectivity index (χ1n) is 8.64. The Morgan fingerprint density at radius 3 is 1.90 bits per heavy atom. The van der Waals surface area contributed by atoms with Gasteiger partial charge in [0, 0.05) is 0 Å². The zero-order chi connectivity index (χ0) is 14.2. The Kier molecular flexibility index (Phi) is 3.98. The van der Waals surface area contributed by atoms with E-state index in [0.717, 1.165) is 41.9 Å². The van der Waals surface area contributed by atoms with E-state index in [1.165, 1.54) is 25.7 Å². The van der Waals surface area contributed by atoms with Gasteiger partial charge in [0.05, 0.1) is 0 Å². The van der Waals surface area contributed by atoms with Crippen molar-refractivity contribution in [1.82, 2.24) is 0 Å². The molecule has 0 saturated heterocycles. The fraction of sp³-hybridized carbons (Fsp3) is 0.579. The maximum absolute atomic E-state index is 6.33. The van der Waals surface area contributed by atoms with Gasteiger partial charge in [0.2, 0.25) is 0 Å². The predicted octanol–water partition coefficient (Wildman–Crippen LogP) is 4.56. The highest BCUT2D eigenvalue weighted by Crippen LogP contribution is 2.46. The molecule has 0 radical (unpaired) electrons. The van der Waals surface area contributed by atoms with Gasteiger partial charge in [-0.3, -0.25) is 0 Å². The molecule has 0 aromatic rings. The van der Waals surface area contributed by atoms with Gasteiger partial charge in [-0.2, -0.15) is 11.1 Å². The second-order valence-electron chi connectivity index (χ2n) is 7.33.